The average molecular weight is 321 g/mol. The summed E-state index contributed by atoms with van der Waals surface area (Å²) in [6.07, 6.45) is 0. The van der Waals surface area contributed by atoms with Gasteiger partial charge >= 0.3 is 0 Å². The molecule has 0 amide bonds. The van der Waals surface area contributed by atoms with E-state index < -0.39 is 0 Å². The number of anilines is 3. The van der Waals surface area contributed by atoms with E-state index in [2.05, 4.69) is 31.2 Å². The molecule has 0 spiro atoms. The molecule has 6 heteroatoms. The molecule has 0 fully saturated rings. The lowest BCUT2D eigenvalue weighted by Gasteiger charge is -2.07. The quantitative estimate of drug-likeness (QED) is 0.754. The molecule has 3 N–H and O–H groups in total. The molecule has 3 rings (SSSR count). The summed E-state index contributed by atoms with van der Waals surface area (Å²) in [7, 11) is 0. The van der Waals surface area contributed by atoms with Crippen molar-refractivity contribution in [2.75, 3.05) is 11.1 Å². The third kappa shape index (κ3) is 2.16. The summed E-state index contributed by atoms with van der Waals surface area (Å²) in [5.41, 5.74) is 6.66. The summed E-state index contributed by atoms with van der Waals surface area (Å²) in [4.78, 5) is 9.33. The Hall–Kier alpha value is -1.66. The summed E-state index contributed by atoms with van der Waals surface area (Å²) in [6.45, 7) is 0. The van der Waals surface area contributed by atoms with E-state index in [1.54, 1.807) is 11.3 Å². The fraction of sp³-hybridized carbons (Fsp3) is 0. The van der Waals surface area contributed by atoms with Gasteiger partial charge in [-0.2, -0.15) is 4.98 Å². The summed E-state index contributed by atoms with van der Waals surface area (Å²) in [6, 6.07) is 9.87. The van der Waals surface area contributed by atoms with Crippen molar-refractivity contribution < 1.29 is 0 Å². The molecule has 0 unspecified atom stereocenters. The Morgan fingerprint density at radius 1 is 1.22 bits per heavy atom. The van der Waals surface area contributed by atoms with Crippen LogP contribution in [-0.4, -0.2) is 9.97 Å². The fourth-order valence-corrected chi connectivity index (χ4v) is 2.84. The van der Waals surface area contributed by atoms with E-state index >= 15 is 0 Å². The standard InChI is InChI=1S/C12H9BrN4S/c13-7-2-1-3-8(6-7)15-10-9-4-5-18-11(9)17-12(14)16-10/h1-6H,(H3,14,15,16,17). The van der Waals surface area contributed by atoms with Gasteiger partial charge in [0.05, 0.1) is 5.39 Å². The number of nitrogens with one attached hydrogen (secondary N) is 1. The molecule has 3 aromatic rings. The van der Waals surface area contributed by atoms with Crippen molar-refractivity contribution in [2.45, 2.75) is 0 Å². The predicted molar refractivity (Wildman–Crippen MR) is 79.3 cm³/mol. The van der Waals surface area contributed by atoms with Crippen molar-refractivity contribution in [3.8, 4) is 0 Å². The molecule has 2 heterocycles. The van der Waals surface area contributed by atoms with Crippen LogP contribution < -0.4 is 11.1 Å². The van der Waals surface area contributed by atoms with Crippen LogP contribution in [0.2, 0.25) is 0 Å². The highest BCUT2D eigenvalue weighted by Crippen LogP contribution is 2.28. The number of hydrogen-bond donors (Lipinski definition) is 2. The second-order valence-electron chi connectivity index (χ2n) is 3.71. The van der Waals surface area contributed by atoms with Gasteiger partial charge in [-0.3, -0.25) is 0 Å². The molecule has 0 atom stereocenters. The lowest BCUT2D eigenvalue weighted by molar-refractivity contribution is 1.24. The lowest BCUT2D eigenvalue weighted by atomic mass is 10.3. The zero-order valence-electron chi connectivity index (χ0n) is 9.22. The van der Waals surface area contributed by atoms with Gasteiger partial charge in [-0.05, 0) is 29.6 Å². The third-order valence-corrected chi connectivity index (χ3v) is 3.73. The van der Waals surface area contributed by atoms with E-state index in [1.165, 1.54) is 0 Å². The second-order valence-corrected chi connectivity index (χ2v) is 5.52. The molecule has 0 saturated heterocycles. The van der Waals surface area contributed by atoms with Crippen LogP contribution in [0.4, 0.5) is 17.5 Å². The first-order chi connectivity index (χ1) is 8.72. The molecule has 2 aromatic heterocycles. The van der Waals surface area contributed by atoms with E-state index in [9.17, 15) is 0 Å². The number of benzene rings is 1. The van der Waals surface area contributed by atoms with Crippen LogP contribution >= 0.6 is 27.3 Å². The molecule has 0 aliphatic rings. The number of aromatic nitrogens is 2. The van der Waals surface area contributed by atoms with Gasteiger partial charge < -0.3 is 11.1 Å². The van der Waals surface area contributed by atoms with Crippen molar-refractivity contribution in [1.29, 1.82) is 0 Å². The number of nitrogens with two attached hydrogens (primary N) is 1. The maximum absolute atomic E-state index is 5.70. The molecule has 1 aromatic carbocycles. The summed E-state index contributed by atoms with van der Waals surface area (Å²) < 4.78 is 1.01. The first-order valence-corrected chi connectivity index (χ1v) is 6.93. The normalized spacial score (nSPS) is 10.7. The zero-order chi connectivity index (χ0) is 12.5. The molecular formula is C12H9BrN4S. The van der Waals surface area contributed by atoms with E-state index in [4.69, 9.17) is 5.73 Å². The van der Waals surface area contributed by atoms with Gasteiger partial charge in [-0.1, -0.05) is 22.0 Å². The number of rotatable bonds is 2. The van der Waals surface area contributed by atoms with Crippen molar-refractivity contribution in [3.05, 3.63) is 40.2 Å². The molecule has 0 radical (unpaired) electrons. The van der Waals surface area contributed by atoms with Crippen LogP contribution in [0.5, 0.6) is 0 Å². The topological polar surface area (TPSA) is 63.8 Å². The number of nitrogen functional groups attached to an aromatic ring is 1. The van der Waals surface area contributed by atoms with Crippen LogP contribution in [0.15, 0.2) is 40.2 Å². The highest BCUT2D eigenvalue weighted by molar-refractivity contribution is 9.10. The summed E-state index contributed by atoms with van der Waals surface area (Å²) >= 11 is 4.99. The largest absolute Gasteiger partial charge is 0.368 e. The van der Waals surface area contributed by atoms with E-state index in [-0.39, 0.29) is 5.95 Å². The van der Waals surface area contributed by atoms with Gasteiger partial charge in [0.1, 0.15) is 10.6 Å². The van der Waals surface area contributed by atoms with Gasteiger partial charge in [0.25, 0.3) is 0 Å². The lowest BCUT2D eigenvalue weighted by Crippen LogP contribution is -2.00. The van der Waals surface area contributed by atoms with Crippen LogP contribution in [-0.2, 0) is 0 Å². The van der Waals surface area contributed by atoms with Crippen molar-refractivity contribution in [1.82, 2.24) is 9.97 Å². The van der Waals surface area contributed by atoms with Gasteiger partial charge in [0, 0.05) is 10.2 Å². The molecule has 18 heavy (non-hydrogen) atoms. The maximum Gasteiger partial charge on any atom is 0.223 e. The Balaban J connectivity index is 2.06. The third-order valence-electron chi connectivity index (χ3n) is 2.43. The first-order valence-electron chi connectivity index (χ1n) is 5.26. The Labute approximate surface area is 116 Å². The maximum atomic E-state index is 5.70. The number of halogens is 1. The summed E-state index contributed by atoms with van der Waals surface area (Å²) in [5, 5.41) is 6.22. The number of hydrogen-bond acceptors (Lipinski definition) is 5. The van der Waals surface area contributed by atoms with Crippen LogP contribution in [0, 0.1) is 0 Å². The Morgan fingerprint density at radius 3 is 2.94 bits per heavy atom. The molecule has 0 saturated carbocycles. The van der Waals surface area contributed by atoms with Gasteiger partial charge in [-0.15, -0.1) is 11.3 Å². The first kappa shape index (κ1) is 11.4. The summed E-state index contributed by atoms with van der Waals surface area (Å²) in [5.74, 6) is 1.01. The van der Waals surface area contributed by atoms with Crippen molar-refractivity contribution >= 4 is 54.9 Å². The molecule has 0 aliphatic heterocycles. The number of nitrogens with zero attached hydrogens (tertiary/aromatic N) is 2. The van der Waals surface area contributed by atoms with Crippen LogP contribution in [0.1, 0.15) is 0 Å². The fourth-order valence-electron chi connectivity index (χ4n) is 1.67. The monoisotopic (exact) mass is 320 g/mol. The average Bonchev–Trinajstić information content (AvgIpc) is 2.77. The van der Waals surface area contributed by atoms with Gasteiger partial charge in [-0.25, -0.2) is 4.98 Å². The van der Waals surface area contributed by atoms with E-state index in [1.807, 2.05) is 35.7 Å². The minimum Gasteiger partial charge on any atom is -0.368 e. The SMILES string of the molecule is Nc1nc(Nc2cccc(Br)c2)c2ccsc2n1. The smallest absolute Gasteiger partial charge is 0.223 e. The molecule has 4 nitrogen and oxygen atoms in total. The van der Waals surface area contributed by atoms with Crippen molar-refractivity contribution in [3.63, 3.8) is 0 Å². The number of thiophene rings is 1. The highest BCUT2D eigenvalue weighted by atomic mass is 79.9. The minimum atomic E-state index is 0.280. The second kappa shape index (κ2) is 4.55. The highest BCUT2D eigenvalue weighted by Gasteiger charge is 2.07. The minimum absolute atomic E-state index is 0.280. The van der Waals surface area contributed by atoms with Gasteiger partial charge in [0.2, 0.25) is 5.95 Å². The molecule has 0 bridgehead atoms. The number of fused-ring (bicyclic) bond motifs is 1. The van der Waals surface area contributed by atoms with Crippen LogP contribution in [0.3, 0.4) is 0 Å². The van der Waals surface area contributed by atoms with Gasteiger partial charge in [0.15, 0.2) is 0 Å². The van der Waals surface area contributed by atoms with E-state index in [0.717, 1.165) is 26.2 Å². The molecular weight excluding hydrogens is 312 g/mol. The Morgan fingerprint density at radius 2 is 2.11 bits per heavy atom. The Kier molecular flexibility index (Phi) is 2.89. The van der Waals surface area contributed by atoms with Crippen molar-refractivity contribution in [2.24, 2.45) is 0 Å². The van der Waals surface area contributed by atoms with Crippen LogP contribution in [0.25, 0.3) is 10.2 Å². The zero-order valence-corrected chi connectivity index (χ0v) is 11.6. The predicted octanol–water partition coefficient (Wildman–Crippen LogP) is 3.78. The van der Waals surface area contributed by atoms with E-state index in [0.29, 0.717) is 0 Å². The Bertz CT molecular complexity index is 710. The molecule has 90 valence electrons. The molecule has 0 aliphatic carbocycles.